The lowest BCUT2D eigenvalue weighted by atomic mass is 10.3. The van der Waals surface area contributed by atoms with Gasteiger partial charge in [0.05, 0.1) is 0 Å². The molecular formula is C16H16N6O2. The Kier molecular flexibility index (Phi) is 4.19. The third kappa shape index (κ3) is 3.22. The van der Waals surface area contributed by atoms with Gasteiger partial charge in [-0.25, -0.2) is 14.3 Å². The van der Waals surface area contributed by atoms with Crippen molar-refractivity contribution in [2.24, 2.45) is 0 Å². The Morgan fingerprint density at radius 3 is 2.79 bits per heavy atom. The van der Waals surface area contributed by atoms with Crippen LogP contribution in [0.5, 0.6) is 0 Å². The molecule has 8 nitrogen and oxygen atoms in total. The zero-order valence-corrected chi connectivity index (χ0v) is 13.2. The summed E-state index contributed by atoms with van der Waals surface area (Å²) in [7, 11) is 0. The quantitative estimate of drug-likeness (QED) is 0.781. The first-order valence-corrected chi connectivity index (χ1v) is 7.38. The van der Waals surface area contributed by atoms with E-state index in [0.717, 1.165) is 10.2 Å². The van der Waals surface area contributed by atoms with E-state index in [9.17, 15) is 9.59 Å². The van der Waals surface area contributed by atoms with E-state index >= 15 is 0 Å². The van der Waals surface area contributed by atoms with E-state index in [1.54, 1.807) is 43.7 Å². The number of hydrogen-bond acceptors (Lipinski definition) is 5. The molecule has 0 aromatic carbocycles. The maximum atomic E-state index is 12.4. The molecule has 3 aromatic rings. The molecule has 0 fully saturated rings. The van der Waals surface area contributed by atoms with Gasteiger partial charge in [-0.15, -0.1) is 5.10 Å². The van der Waals surface area contributed by atoms with Crippen molar-refractivity contribution in [3.63, 3.8) is 0 Å². The molecule has 3 heterocycles. The molecule has 3 rings (SSSR count). The Hall–Kier alpha value is -3.29. The molecule has 0 saturated heterocycles. The predicted octanol–water partition coefficient (Wildman–Crippen LogP) is 1.33. The van der Waals surface area contributed by atoms with Crippen LogP contribution in [-0.4, -0.2) is 30.5 Å². The van der Waals surface area contributed by atoms with E-state index in [4.69, 9.17) is 0 Å². The fourth-order valence-electron chi connectivity index (χ4n) is 2.17. The first kappa shape index (κ1) is 15.6. The molecular weight excluding hydrogens is 308 g/mol. The van der Waals surface area contributed by atoms with Gasteiger partial charge in [0.2, 0.25) is 5.91 Å². The van der Waals surface area contributed by atoms with Crippen LogP contribution in [0.4, 0.5) is 5.82 Å². The molecule has 0 saturated carbocycles. The molecule has 3 aromatic heterocycles. The zero-order chi connectivity index (χ0) is 17.1. The number of carbonyl (C=O) groups excluding carboxylic acids is 1. The van der Waals surface area contributed by atoms with Crippen molar-refractivity contribution < 1.29 is 4.79 Å². The number of carbonyl (C=O) groups is 1. The van der Waals surface area contributed by atoms with Gasteiger partial charge in [0.1, 0.15) is 11.9 Å². The van der Waals surface area contributed by atoms with Crippen LogP contribution >= 0.6 is 0 Å². The highest BCUT2D eigenvalue weighted by Gasteiger charge is 2.18. The van der Waals surface area contributed by atoms with Gasteiger partial charge in [-0.3, -0.25) is 9.59 Å². The first-order chi connectivity index (χ1) is 11.5. The molecule has 0 aliphatic heterocycles. The molecule has 1 N–H and O–H groups in total. The van der Waals surface area contributed by atoms with Crippen LogP contribution in [0.3, 0.4) is 0 Å². The molecule has 0 spiro atoms. The Labute approximate surface area is 137 Å². The third-order valence-electron chi connectivity index (χ3n) is 3.46. The number of nitrogens with one attached hydrogen (secondary N) is 1. The van der Waals surface area contributed by atoms with E-state index in [-0.39, 0.29) is 11.5 Å². The minimum Gasteiger partial charge on any atom is -0.309 e. The van der Waals surface area contributed by atoms with Gasteiger partial charge in [-0.05, 0) is 43.7 Å². The van der Waals surface area contributed by atoms with Gasteiger partial charge in [0, 0.05) is 24.7 Å². The second-order valence-electron chi connectivity index (χ2n) is 5.31. The molecule has 122 valence electrons. The van der Waals surface area contributed by atoms with Crippen molar-refractivity contribution in [1.82, 2.24) is 24.5 Å². The van der Waals surface area contributed by atoms with Gasteiger partial charge in [0.25, 0.3) is 5.56 Å². The summed E-state index contributed by atoms with van der Waals surface area (Å²) in [5.41, 5.74) is 0.606. The average Bonchev–Trinajstić information content (AvgIpc) is 3.09. The van der Waals surface area contributed by atoms with Crippen molar-refractivity contribution in [3.8, 4) is 5.82 Å². The highest BCUT2D eigenvalue weighted by atomic mass is 16.2. The molecule has 0 aliphatic rings. The Bertz CT molecular complexity index is 916. The van der Waals surface area contributed by atoms with Crippen LogP contribution in [0.2, 0.25) is 0 Å². The van der Waals surface area contributed by atoms with Crippen LogP contribution in [0.15, 0.2) is 53.7 Å². The van der Waals surface area contributed by atoms with Crippen LogP contribution in [0, 0.1) is 6.92 Å². The predicted molar refractivity (Wildman–Crippen MR) is 87.9 cm³/mol. The van der Waals surface area contributed by atoms with Crippen LogP contribution in [-0.2, 0) is 4.79 Å². The van der Waals surface area contributed by atoms with Crippen LogP contribution < -0.4 is 10.9 Å². The Morgan fingerprint density at radius 2 is 2.08 bits per heavy atom. The lowest BCUT2D eigenvalue weighted by molar-refractivity contribution is -0.119. The number of hydrogen-bond donors (Lipinski definition) is 1. The van der Waals surface area contributed by atoms with Crippen molar-refractivity contribution in [3.05, 3.63) is 64.8 Å². The number of anilines is 1. The van der Waals surface area contributed by atoms with E-state index in [1.165, 1.54) is 10.7 Å². The van der Waals surface area contributed by atoms with Gasteiger partial charge < -0.3 is 5.32 Å². The van der Waals surface area contributed by atoms with Crippen LogP contribution in [0.1, 0.15) is 18.5 Å². The first-order valence-electron chi connectivity index (χ1n) is 7.38. The smallest absolute Gasteiger partial charge is 0.267 e. The number of rotatable bonds is 4. The lowest BCUT2D eigenvalue weighted by Crippen LogP contribution is -2.33. The van der Waals surface area contributed by atoms with Gasteiger partial charge in [-0.1, -0.05) is 0 Å². The fourth-order valence-corrected chi connectivity index (χ4v) is 2.17. The molecule has 1 atom stereocenters. The second kappa shape index (κ2) is 6.45. The molecule has 1 unspecified atom stereocenters. The normalized spacial score (nSPS) is 11.9. The summed E-state index contributed by atoms with van der Waals surface area (Å²) in [5, 5.41) is 11.0. The Morgan fingerprint density at radius 1 is 1.25 bits per heavy atom. The monoisotopic (exact) mass is 324 g/mol. The van der Waals surface area contributed by atoms with Gasteiger partial charge >= 0.3 is 0 Å². The Balaban J connectivity index is 1.86. The summed E-state index contributed by atoms with van der Waals surface area (Å²) < 4.78 is 2.64. The maximum absolute atomic E-state index is 12.4. The molecule has 0 radical (unpaired) electrons. The van der Waals surface area contributed by atoms with Crippen LogP contribution in [0.25, 0.3) is 5.82 Å². The zero-order valence-electron chi connectivity index (χ0n) is 13.2. The van der Waals surface area contributed by atoms with E-state index < -0.39 is 6.04 Å². The van der Waals surface area contributed by atoms with E-state index in [0.29, 0.717) is 11.6 Å². The summed E-state index contributed by atoms with van der Waals surface area (Å²) in [6, 6.07) is 7.45. The topological polar surface area (TPSA) is 94.7 Å². The standard InChI is InChI=1S/C16H16N6O2/c1-11-6-8-17-13(10-11)19-16(24)12(2)22-15(23)5-4-14(20-22)21-9-3-7-18-21/h3-10,12H,1-2H3,(H,17,19,24). The number of pyridine rings is 1. The minimum absolute atomic E-state index is 0.370. The van der Waals surface area contributed by atoms with Crippen molar-refractivity contribution in [1.29, 1.82) is 0 Å². The van der Waals surface area contributed by atoms with Crippen molar-refractivity contribution >= 4 is 11.7 Å². The molecule has 0 bridgehead atoms. The fraction of sp³-hybridized carbons (Fsp3) is 0.188. The summed E-state index contributed by atoms with van der Waals surface area (Å²) in [6.07, 6.45) is 4.92. The highest BCUT2D eigenvalue weighted by Crippen LogP contribution is 2.10. The average molecular weight is 324 g/mol. The number of aromatic nitrogens is 5. The van der Waals surface area contributed by atoms with E-state index in [2.05, 4.69) is 20.5 Å². The second-order valence-corrected chi connectivity index (χ2v) is 5.31. The largest absolute Gasteiger partial charge is 0.309 e. The molecule has 0 aliphatic carbocycles. The summed E-state index contributed by atoms with van der Waals surface area (Å²) in [6.45, 7) is 3.51. The maximum Gasteiger partial charge on any atom is 0.267 e. The SMILES string of the molecule is Cc1ccnc(NC(=O)C(C)n2nc(-n3cccn3)ccc2=O)c1. The lowest BCUT2D eigenvalue weighted by Gasteiger charge is -2.14. The van der Waals surface area contributed by atoms with Gasteiger partial charge in [-0.2, -0.15) is 5.10 Å². The summed E-state index contributed by atoms with van der Waals surface area (Å²) >= 11 is 0. The molecule has 1 amide bonds. The van der Waals surface area contributed by atoms with Gasteiger partial charge in [0.15, 0.2) is 5.82 Å². The number of nitrogens with zero attached hydrogens (tertiary/aromatic N) is 5. The van der Waals surface area contributed by atoms with E-state index in [1.807, 2.05) is 13.0 Å². The minimum atomic E-state index is -0.796. The number of amides is 1. The highest BCUT2D eigenvalue weighted by molar-refractivity contribution is 5.92. The number of aryl methyl sites for hydroxylation is 1. The van der Waals surface area contributed by atoms with Crippen molar-refractivity contribution in [2.75, 3.05) is 5.32 Å². The van der Waals surface area contributed by atoms with Crippen molar-refractivity contribution in [2.45, 2.75) is 19.9 Å². The summed E-state index contributed by atoms with van der Waals surface area (Å²) in [5.74, 6) is 0.511. The molecule has 24 heavy (non-hydrogen) atoms. The third-order valence-corrected chi connectivity index (χ3v) is 3.46. The molecule has 8 heteroatoms. The summed E-state index contributed by atoms with van der Waals surface area (Å²) in [4.78, 5) is 28.6.